The van der Waals surface area contributed by atoms with E-state index in [1.54, 1.807) is 24.4 Å². The van der Waals surface area contributed by atoms with Crippen molar-refractivity contribution in [3.05, 3.63) is 46.6 Å². The summed E-state index contributed by atoms with van der Waals surface area (Å²) in [5.74, 6) is 0.446. The Hall–Kier alpha value is -1.25. The van der Waals surface area contributed by atoms with Crippen molar-refractivity contribution < 1.29 is 0 Å². The summed E-state index contributed by atoms with van der Waals surface area (Å²) in [6.45, 7) is 0. The summed E-state index contributed by atoms with van der Waals surface area (Å²) in [6, 6.07) is 8.92. The average molecular weight is 239 g/mol. The molecule has 0 spiro atoms. The predicted octanol–water partition coefficient (Wildman–Crippen LogP) is 3.64. The molecule has 1 heterocycles. The predicted molar refractivity (Wildman–Crippen MR) is 64.1 cm³/mol. The van der Waals surface area contributed by atoms with Crippen LogP contribution in [0.2, 0.25) is 10.0 Å². The molecule has 2 aromatic rings. The van der Waals surface area contributed by atoms with Gasteiger partial charge in [-0.15, -0.1) is 0 Å². The van der Waals surface area contributed by atoms with Crippen molar-refractivity contribution in [2.45, 2.75) is 0 Å². The van der Waals surface area contributed by atoms with Gasteiger partial charge in [0.1, 0.15) is 5.82 Å². The number of pyridine rings is 1. The third kappa shape index (κ3) is 2.06. The molecule has 1 aromatic heterocycles. The van der Waals surface area contributed by atoms with Gasteiger partial charge in [-0.25, -0.2) is 4.98 Å². The van der Waals surface area contributed by atoms with Gasteiger partial charge >= 0.3 is 0 Å². The lowest BCUT2D eigenvalue weighted by atomic mass is 10.1. The van der Waals surface area contributed by atoms with Gasteiger partial charge in [-0.1, -0.05) is 23.2 Å². The molecular weight excluding hydrogens is 231 g/mol. The van der Waals surface area contributed by atoms with Crippen molar-refractivity contribution in [3.63, 3.8) is 0 Å². The fourth-order valence-corrected chi connectivity index (χ4v) is 1.74. The van der Waals surface area contributed by atoms with E-state index < -0.39 is 0 Å². The van der Waals surface area contributed by atoms with E-state index >= 15 is 0 Å². The Kier molecular flexibility index (Phi) is 2.80. The second-order valence-electron chi connectivity index (χ2n) is 3.06. The maximum Gasteiger partial charge on any atom is 0.131 e. The molecule has 0 aliphatic rings. The summed E-state index contributed by atoms with van der Waals surface area (Å²) in [7, 11) is 0. The number of rotatable bonds is 1. The standard InChI is InChI=1S/C11H8Cl2N2/c12-7-3-4-10(13)9(6-7)8-2-1-5-15-11(8)14/h1-6H,(H2,14,15). The van der Waals surface area contributed by atoms with Crippen molar-refractivity contribution >= 4 is 29.0 Å². The van der Waals surface area contributed by atoms with Crippen molar-refractivity contribution in [2.24, 2.45) is 0 Å². The summed E-state index contributed by atoms with van der Waals surface area (Å²) >= 11 is 12.0. The Balaban J connectivity index is 2.64. The van der Waals surface area contributed by atoms with Gasteiger partial charge < -0.3 is 5.73 Å². The molecule has 4 heteroatoms. The Morgan fingerprint density at radius 3 is 2.60 bits per heavy atom. The molecule has 15 heavy (non-hydrogen) atoms. The van der Waals surface area contributed by atoms with E-state index in [-0.39, 0.29) is 0 Å². The molecule has 2 rings (SSSR count). The van der Waals surface area contributed by atoms with Crippen LogP contribution in [0.15, 0.2) is 36.5 Å². The van der Waals surface area contributed by atoms with Crippen LogP contribution in [0.25, 0.3) is 11.1 Å². The minimum Gasteiger partial charge on any atom is -0.383 e. The molecule has 2 N–H and O–H groups in total. The number of benzene rings is 1. The lowest BCUT2D eigenvalue weighted by Crippen LogP contribution is -1.93. The summed E-state index contributed by atoms with van der Waals surface area (Å²) in [6.07, 6.45) is 1.64. The van der Waals surface area contributed by atoms with Crippen LogP contribution < -0.4 is 5.73 Å². The first-order valence-electron chi connectivity index (χ1n) is 4.34. The Labute approximate surface area is 97.7 Å². The highest BCUT2D eigenvalue weighted by Crippen LogP contribution is 2.32. The third-order valence-corrected chi connectivity index (χ3v) is 2.62. The number of hydrogen-bond acceptors (Lipinski definition) is 2. The molecule has 0 fully saturated rings. The molecule has 0 radical (unpaired) electrons. The smallest absolute Gasteiger partial charge is 0.131 e. The van der Waals surface area contributed by atoms with Crippen molar-refractivity contribution in [3.8, 4) is 11.1 Å². The summed E-state index contributed by atoms with van der Waals surface area (Å²) in [5.41, 5.74) is 7.36. The Morgan fingerprint density at radius 2 is 1.87 bits per heavy atom. The lowest BCUT2D eigenvalue weighted by molar-refractivity contribution is 1.34. The van der Waals surface area contributed by atoms with Gasteiger partial charge in [-0.2, -0.15) is 0 Å². The van der Waals surface area contributed by atoms with E-state index in [9.17, 15) is 0 Å². The van der Waals surface area contributed by atoms with Gasteiger partial charge in [0.05, 0.1) is 0 Å². The molecular formula is C11H8Cl2N2. The second-order valence-corrected chi connectivity index (χ2v) is 3.90. The first-order valence-corrected chi connectivity index (χ1v) is 5.10. The van der Waals surface area contributed by atoms with Gasteiger partial charge in [-0.3, -0.25) is 0 Å². The van der Waals surface area contributed by atoms with Crippen molar-refractivity contribution in [1.29, 1.82) is 0 Å². The normalized spacial score (nSPS) is 10.3. The van der Waals surface area contributed by atoms with Gasteiger partial charge in [-0.05, 0) is 30.3 Å². The molecule has 0 saturated heterocycles. The Morgan fingerprint density at radius 1 is 1.07 bits per heavy atom. The summed E-state index contributed by atoms with van der Waals surface area (Å²) in [5, 5.41) is 1.23. The van der Waals surface area contributed by atoms with Crippen LogP contribution in [0.3, 0.4) is 0 Å². The van der Waals surface area contributed by atoms with Crippen LogP contribution in [-0.4, -0.2) is 4.98 Å². The van der Waals surface area contributed by atoms with Crippen LogP contribution in [0.4, 0.5) is 5.82 Å². The van der Waals surface area contributed by atoms with Gasteiger partial charge in [0, 0.05) is 27.4 Å². The number of hydrogen-bond donors (Lipinski definition) is 1. The molecule has 0 unspecified atom stereocenters. The summed E-state index contributed by atoms with van der Waals surface area (Å²) in [4.78, 5) is 4.00. The number of halogens is 2. The number of nitrogens with zero attached hydrogens (tertiary/aromatic N) is 1. The molecule has 0 bridgehead atoms. The van der Waals surface area contributed by atoms with E-state index in [0.717, 1.165) is 11.1 Å². The highest BCUT2D eigenvalue weighted by molar-refractivity contribution is 6.35. The molecule has 0 amide bonds. The van der Waals surface area contributed by atoms with E-state index in [2.05, 4.69) is 4.98 Å². The first kappa shape index (κ1) is 10.3. The van der Waals surface area contributed by atoms with E-state index in [1.807, 2.05) is 12.1 Å². The SMILES string of the molecule is Nc1ncccc1-c1cc(Cl)ccc1Cl. The Bertz CT molecular complexity index is 498. The second kappa shape index (κ2) is 4.09. The molecule has 0 saturated carbocycles. The maximum absolute atomic E-state index is 6.06. The molecule has 0 aliphatic heterocycles. The van der Waals surface area contributed by atoms with Crippen molar-refractivity contribution in [1.82, 2.24) is 4.98 Å². The minimum atomic E-state index is 0.446. The fourth-order valence-electron chi connectivity index (χ4n) is 1.35. The monoisotopic (exact) mass is 238 g/mol. The minimum absolute atomic E-state index is 0.446. The number of aromatic nitrogens is 1. The van der Waals surface area contributed by atoms with Gasteiger partial charge in [0.25, 0.3) is 0 Å². The van der Waals surface area contributed by atoms with Gasteiger partial charge in [0.15, 0.2) is 0 Å². The van der Waals surface area contributed by atoms with Crippen LogP contribution >= 0.6 is 23.2 Å². The quantitative estimate of drug-likeness (QED) is 0.825. The average Bonchev–Trinajstić information content (AvgIpc) is 2.23. The van der Waals surface area contributed by atoms with E-state index in [1.165, 1.54) is 0 Å². The van der Waals surface area contributed by atoms with E-state index in [4.69, 9.17) is 28.9 Å². The highest BCUT2D eigenvalue weighted by atomic mass is 35.5. The zero-order valence-corrected chi connectivity index (χ0v) is 9.26. The van der Waals surface area contributed by atoms with Crippen LogP contribution in [0, 0.1) is 0 Å². The zero-order chi connectivity index (χ0) is 10.8. The van der Waals surface area contributed by atoms with Crippen LogP contribution in [0.1, 0.15) is 0 Å². The molecule has 0 aliphatic carbocycles. The first-order chi connectivity index (χ1) is 7.18. The number of nitrogens with two attached hydrogens (primary N) is 1. The third-order valence-electron chi connectivity index (χ3n) is 2.06. The fraction of sp³-hybridized carbons (Fsp3) is 0. The number of anilines is 1. The molecule has 0 atom stereocenters. The topological polar surface area (TPSA) is 38.9 Å². The van der Waals surface area contributed by atoms with Crippen LogP contribution in [0.5, 0.6) is 0 Å². The molecule has 1 aromatic carbocycles. The highest BCUT2D eigenvalue weighted by Gasteiger charge is 2.07. The zero-order valence-electron chi connectivity index (χ0n) is 7.74. The van der Waals surface area contributed by atoms with Crippen molar-refractivity contribution in [2.75, 3.05) is 5.73 Å². The molecule has 2 nitrogen and oxygen atoms in total. The number of nitrogen functional groups attached to an aromatic ring is 1. The van der Waals surface area contributed by atoms with Gasteiger partial charge in [0.2, 0.25) is 0 Å². The summed E-state index contributed by atoms with van der Waals surface area (Å²) < 4.78 is 0. The van der Waals surface area contributed by atoms with Crippen LogP contribution in [-0.2, 0) is 0 Å². The largest absolute Gasteiger partial charge is 0.383 e. The maximum atomic E-state index is 6.06. The molecule has 76 valence electrons. The lowest BCUT2D eigenvalue weighted by Gasteiger charge is -2.06. The van der Waals surface area contributed by atoms with E-state index in [0.29, 0.717) is 15.9 Å².